The molecule has 7 nitrogen and oxygen atoms in total. The van der Waals surface area contributed by atoms with Crippen molar-refractivity contribution in [3.8, 4) is 11.5 Å². The molecule has 0 aliphatic heterocycles. The molecule has 7 heteroatoms. The monoisotopic (exact) mass is 456 g/mol. The first-order chi connectivity index (χ1) is 16.0. The summed E-state index contributed by atoms with van der Waals surface area (Å²) < 4.78 is 10.7. The first kappa shape index (κ1) is 26.0. The predicted octanol–water partition coefficient (Wildman–Crippen LogP) is 5.38. The number of hydrogen-bond donors (Lipinski definition) is 2. The number of nitrogens with zero attached hydrogens (tertiary/aromatic N) is 1. The third kappa shape index (κ3) is 8.67. The summed E-state index contributed by atoms with van der Waals surface area (Å²) in [6.45, 7) is 4.82. The lowest BCUT2D eigenvalue weighted by molar-refractivity contribution is -0.120. The summed E-state index contributed by atoms with van der Waals surface area (Å²) in [7, 11) is 1.61. The number of esters is 1. The quantitative estimate of drug-likeness (QED) is 0.293. The highest BCUT2D eigenvalue weighted by molar-refractivity contribution is 6.03. The predicted molar refractivity (Wildman–Crippen MR) is 131 cm³/mol. The number of phenols is 1. The zero-order chi connectivity index (χ0) is 24.1. The molecule has 2 aromatic rings. The largest absolute Gasteiger partial charge is 0.508 e. The van der Waals surface area contributed by atoms with E-state index in [1.54, 1.807) is 38.2 Å². The van der Waals surface area contributed by atoms with Crippen LogP contribution in [0.3, 0.4) is 0 Å². The number of rotatable bonds is 14. The summed E-state index contributed by atoms with van der Waals surface area (Å²) in [5.41, 5.74) is 1.62. The van der Waals surface area contributed by atoms with Crippen molar-refractivity contribution in [1.82, 2.24) is 0 Å². The molecule has 2 N–H and O–H groups in total. The van der Waals surface area contributed by atoms with Gasteiger partial charge < -0.3 is 24.8 Å². The summed E-state index contributed by atoms with van der Waals surface area (Å²) in [6.07, 6.45) is 7.26. The molecule has 180 valence electrons. The van der Waals surface area contributed by atoms with E-state index in [0.29, 0.717) is 17.0 Å². The Bertz CT molecular complexity index is 883. The van der Waals surface area contributed by atoms with Gasteiger partial charge in [0, 0.05) is 19.3 Å². The molecule has 2 aromatic carbocycles. The number of hydrogen-bond acceptors (Lipinski definition) is 6. The number of carbonyl (C=O) groups excluding carboxylic acids is 2. The average Bonchev–Trinajstić information content (AvgIpc) is 2.82. The van der Waals surface area contributed by atoms with Crippen molar-refractivity contribution in [1.29, 1.82) is 0 Å². The molecule has 0 spiro atoms. The van der Waals surface area contributed by atoms with Crippen LogP contribution in [0.2, 0.25) is 0 Å². The number of unbranched alkanes of at least 4 members (excludes halogenated alkanes) is 5. The third-order valence-corrected chi connectivity index (χ3v) is 5.29. The van der Waals surface area contributed by atoms with Gasteiger partial charge in [0.2, 0.25) is 0 Å². The van der Waals surface area contributed by atoms with Gasteiger partial charge in [0.1, 0.15) is 11.5 Å². The fourth-order valence-electron chi connectivity index (χ4n) is 3.36. The Morgan fingerprint density at radius 1 is 0.970 bits per heavy atom. The van der Waals surface area contributed by atoms with Crippen LogP contribution in [0.1, 0.15) is 62.7 Å². The van der Waals surface area contributed by atoms with E-state index in [9.17, 15) is 14.7 Å². The standard InChI is InChI=1S/C26H36N2O5/c1-4-6-7-8-9-10-17-27-20-11-16-23(26(31)32-5-2)24(18-20)28(3)25(30)19-33-22-14-12-21(29)13-15-22/h11-16,18,27,29H,4-10,17,19H2,1-3H3. The summed E-state index contributed by atoms with van der Waals surface area (Å²) in [4.78, 5) is 26.7. The van der Waals surface area contributed by atoms with Crippen molar-refractivity contribution >= 4 is 23.3 Å². The molecule has 0 heterocycles. The van der Waals surface area contributed by atoms with Crippen LogP contribution in [-0.2, 0) is 9.53 Å². The Balaban J connectivity index is 2.04. The summed E-state index contributed by atoms with van der Waals surface area (Å²) in [5, 5.41) is 12.8. The van der Waals surface area contributed by atoms with Crippen LogP contribution in [0.4, 0.5) is 11.4 Å². The molecule has 0 aromatic heterocycles. The van der Waals surface area contributed by atoms with Gasteiger partial charge in [-0.15, -0.1) is 0 Å². The van der Waals surface area contributed by atoms with E-state index in [2.05, 4.69) is 12.2 Å². The first-order valence-corrected chi connectivity index (χ1v) is 11.7. The summed E-state index contributed by atoms with van der Waals surface area (Å²) in [5.74, 6) is -0.208. The Labute approximate surface area is 196 Å². The highest BCUT2D eigenvalue weighted by Gasteiger charge is 2.21. The fourth-order valence-corrected chi connectivity index (χ4v) is 3.36. The van der Waals surface area contributed by atoms with Crippen molar-refractivity contribution in [3.63, 3.8) is 0 Å². The molecular formula is C26H36N2O5. The molecule has 0 saturated heterocycles. The lowest BCUT2D eigenvalue weighted by Gasteiger charge is -2.21. The van der Waals surface area contributed by atoms with E-state index < -0.39 is 5.97 Å². The van der Waals surface area contributed by atoms with Crippen LogP contribution in [0.25, 0.3) is 0 Å². The van der Waals surface area contributed by atoms with Gasteiger partial charge in [-0.25, -0.2) is 4.79 Å². The minimum absolute atomic E-state index is 0.121. The van der Waals surface area contributed by atoms with E-state index in [1.807, 2.05) is 6.07 Å². The van der Waals surface area contributed by atoms with Gasteiger partial charge >= 0.3 is 5.97 Å². The summed E-state index contributed by atoms with van der Waals surface area (Å²) >= 11 is 0. The minimum atomic E-state index is -0.478. The van der Waals surface area contributed by atoms with Crippen molar-refractivity contribution in [2.24, 2.45) is 0 Å². The number of ether oxygens (including phenoxy) is 2. The molecule has 2 rings (SSSR count). The molecule has 0 saturated carbocycles. The smallest absolute Gasteiger partial charge is 0.340 e. The second kappa shape index (κ2) is 14.0. The molecule has 0 unspecified atom stereocenters. The van der Waals surface area contributed by atoms with Gasteiger partial charge in [0.25, 0.3) is 5.91 Å². The molecule has 0 radical (unpaired) electrons. The maximum Gasteiger partial charge on any atom is 0.340 e. The lowest BCUT2D eigenvalue weighted by atomic mass is 10.1. The van der Waals surface area contributed by atoms with Crippen LogP contribution in [-0.4, -0.2) is 43.8 Å². The van der Waals surface area contributed by atoms with Crippen molar-refractivity contribution in [3.05, 3.63) is 48.0 Å². The van der Waals surface area contributed by atoms with Gasteiger partial charge in [-0.2, -0.15) is 0 Å². The SMILES string of the molecule is CCCCCCCCNc1ccc(C(=O)OCC)c(N(C)C(=O)COc2ccc(O)cc2)c1. The highest BCUT2D eigenvalue weighted by Crippen LogP contribution is 2.26. The number of aromatic hydroxyl groups is 1. The average molecular weight is 457 g/mol. The zero-order valence-electron chi connectivity index (χ0n) is 19.9. The lowest BCUT2D eigenvalue weighted by Crippen LogP contribution is -2.32. The molecule has 0 bridgehead atoms. The van der Waals surface area contributed by atoms with Gasteiger partial charge in [0.05, 0.1) is 17.9 Å². The number of nitrogens with one attached hydrogen (secondary N) is 1. The molecular weight excluding hydrogens is 420 g/mol. The minimum Gasteiger partial charge on any atom is -0.508 e. The van der Waals surface area contributed by atoms with Gasteiger partial charge in [-0.3, -0.25) is 4.79 Å². The molecule has 0 aliphatic rings. The normalized spacial score (nSPS) is 10.5. The van der Waals surface area contributed by atoms with Crippen LogP contribution in [0, 0.1) is 0 Å². The number of anilines is 2. The third-order valence-electron chi connectivity index (χ3n) is 5.29. The van der Waals surface area contributed by atoms with E-state index >= 15 is 0 Å². The van der Waals surface area contributed by atoms with Crippen molar-refractivity contribution in [2.45, 2.75) is 52.4 Å². The maximum atomic E-state index is 12.8. The molecule has 33 heavy (non-hydrogen) atoms. The second-order valence-corrected chi connectivity index (χ2v) is 7.88. The van der Waals surface area contributed by atoms with Crippen molar-refractivity contribution < 1.29 is 24.2 Å². The zero-order valence-corrected chi connectivity index (χ0v) is 19.9. The number of benzene rings is 2. The Morgan fingerprint density at radius 2 is 1.67 bits per heavy atom. The number of phenolic OH excluding ortho intramolecular Hbond substituents is 1. The van der Waals surface area contributed by atoms with Crippen LogP contribution < -0.4 is 15.0 Å². The van der Waals surface area contributed by atoms with Gasteiger partial charge in [0.15, 0.2) is 6.61 Å². The molecule has 0 atom stereocenters. The van der Waals surface area contributed by atoms with Gasteiger partial charge in [-0.1, -0.05) is 39.0 Å². The first-order valence-electron chi connectivity index (χ1n) is 11.7. The van der Waals surface area contributed by atoms with Crippen molar-refractivity contribution in [2.75, 3.05) is 37.0 Å². The number of carbonyl (C=O) groups is 2. The van der Waals surface area contributed by atoms with Crippen LogP contribution in [0.5, 0.6) is 11.5 Å². The Hall–Kier alpha value is -3.22. The maximum absolute atomic E-state index is 12.8. The van der Waals surface area contributed by atoms with E-state index in [4.69, 9.17) is 9.47 Å². The Kier molecular flexibility index (Phi) is 11.1. The second-order valence-electron chi connectivity index (χ2n) is 7.88. The molecule has 0 fully saturated rings. The molecule has 1 amide bonds. The van der Waals surface area contributed by atoms with Crippen LogP contribution in [0.15, 0.2) is 42.5 Å². The molecule has 0 aliphatic carbocycles. The Morgan fingerprint density at radius 3 is 2.36 bits per heavy atom. The number of amides is 1. The van der Waals surface area contributed by atoms with E-state index in [1.165, 1.54) is 49.1 Å². The van der Waals surface area contributed by atoms with E-state index in [-0.39, 0.29) is 24.9 Å². The topological polar surface area (TPSA) is 88.1 Å². The van der Waals surface area contributed by atoms with E-state index in [0.717, 1.165) is 18.7 Å². The summed E-state index contributed by atoms with van der Waals surface area (Å²) in [6, 6.07) is 11.4. The van der Waals surface area contributed by atoms with Crippen LogP contribution >= 0.6 is 0 Å². The van der Waals surface area contributed by atoms with Gasteiger partial charge in [-0.05, 0) is 55.8 Å². The highest BCUT2D eigenvalue weighted by atomic mass is 16.5. The number of likely N-dealkylation sites (N-methyl/N-ethyl adjacent to an activating group) is 1. The fraction of sp³-hybridized carbons (Fsp3) is 0.462.